The summed E-state index contributed by atoms with van der Waals surface area (Å²) in [5.74, 6) is -0.828. The van der Waals surface area contributed by atoms with E-state index in [1.807, 2.05) is 13.8 Å². The van der Waals surface area contributed by atoms with E-state index in [0.717, 1.165) is 22.7 Å². The minimum atomic E-state index is -4.17. The highest BCUT2D eigenvalue weighted by Crippen LogP contribution is 2.30. The Morgan fingerprint density at radius 2 is 1.54 bits per heavy atom. The highest BCUT2D eigenvalue weighted by atomic mass is 35.5. The number of nitrogens with one attached hydrogen (secondary N) is 1. The standard InChI is InChI=1S/C29H33Cl2N3O4S/c1-3-5-19-32-29(36)26(4-2)33(20-22-15-17-23(30)18-16-22)28(35)21-34(27-14-10-9-13-25(27)31)39(37,38)24-11-7-6-8-12-24/h6-18,26H,3-5,19-21H2,1-2H3,(H,32,36)/t26-/m0/s1. The van der Waals surface area contributed by atoms with Gasteiger partial charge >= 0.3 is 0 Å². The van der Waals surface area contributed by atoms with Gasteiger partial charge in [0, 0.05) is 18.1 Å². The molecule has 0 saturated carbocycles. The molecular formula is C29H33Cl2N3O4S. The molecule has 0 spiro atoms. The Morgan fingerprint density at radius 1 is 0.897 bits per heavy atom. The van der Waals surface area contributed by atoms with Gasteiger partial charge in [-0.1, -0.05) is 85.9 Å². The minimum absolute atomic E-state index is 0.0197. The number of unbranched alkanes of at least 4 members (excludes halogenated alkanes) is 1. The molecule has 7 nitrogen and oxygen atoms in total. The molecule has 0 radical (unpaired) electrons. The molecule has 0 aromatic heterocycles. The van der Waals surface area contributed by atoms with Crippen molar-refractivity contribution in [2.45, 2.75) is 50.6 Å². The molecule has 0 bridgehead atoms. The Kier molecular flexibility index (Phi) is 11.2. The average molecular weight is 591 g/mol. The van der Waals surface area contributed by atoms with Crippen molar-refractivity contribution in [2.75, 3.05) is 17.4 Å². The predicted molar refractivity (Wildman–Crippen MR) is 156 cm³/mol. The van der Waals surface area contributed by atoms with E-state index in [-0.39, 0.29) is 28.1 Å². The third-order valence-corrected chi connectivity index (χ3v) is 8.56. The van der Waals surface area contributed by atoms with E-state index in [1.165, 1.54) is 17.0 Å². The van der Waals surface area contributed by atoms with Crippen LogP contribution >= 0.6 is 23.2 Å². The molecule has 3 rings (SSSR count). The second kappa shape index (κ2) is 14.4. The van der Waals surface area contributed by atoms with E-state index >= 15 is 0 Å². The van der Waals surface area contributed by atoms with Crippen molar-refractivity contribution in [1.82, 2.24) is 10.2 Å². The summed E-state index contributed by atoms with van der Waals surface area (Å²) in [4.78, 5) is 28.6. The molecule has 1 N–H and O–H groups in total. The number of nitrogens with zero attached hydrogens (tertiary/aromatic N) is 2. The summed E-state index contributed by atoms with van der Waals surface area (Å²) in [5, 5.41) is 3.63. The van der Waals surface area contributed by atoms with Gasteiger partial charge in [-0.05, 0) is 54.8 Å². The Hall–Kier alpha value is -3.07. The summed E-state index contributed by atoms with van der Waals surface area (Å²) in [7, 11) is -4.17. The van der Waals surface area contributed by atoms with Crippen LogP contribution in [-0.2, 0) is 26.2 Å². The molecule has 3 aromatic carbocycles. The van der Waals surface area contributed by atoms with E-state index in [1.54, 1.807) is 66.7 Å². The van der Waals surface area contributed by atoms with Crippen molar-refractivity contribution in [1.29, 1.82) is 0 Å². The number of halogens is 2. The van der Waals surface area contributed by atoms with Crippen LogP contribution in [0.3, 0.4) is 0 Å². The molecule has 3 aromatic rings. The molecule has 10 heteroatoms. The summed E-state index contributed by atoms with van der Waals surface area (Å²) in [6.45, 7) is 3.88. The smallest absolute Gasteiger partial charge is 0.264 e. The Labute approximate surface area is 240 Å². The van der Waals surface area contributed by atoms with Crippen molar-refractivity contribution in [2.24, 2.45) is 0 Å². The zero-order valence-corrected chi connectivity index (χ0v) is 24.3. The second-order valence-electron chi connectivity index (χ2n) is 8.99. The maximum absolute atomic E-state index is 14.0. The number of anilines is 1. The predicted octanol–water partition coefficient (Wildman–Crippen LogP) is 5.91. The van der Waals surface area contributed by atoms with E-state index in [2.05, 4.69) is 5.32 Å². The third-order valence-electron chi connectivity index (χ3n) is 6.21. The lowest BCUT2D eigenvalue weighted by atomic mass is 10.1. The first-order valence-electron chi connectivity index (χ1n) is 12.8. The van der Waals surface area contributed by atoms with Gasteiger partial charge in [-0.2, -0.15) is 0 Å². The highest BCUT2D eigenvalue weighted by Gasteiger charge is 2.34. The van der Waals surface area contributed by atoms with Crippen molar-refractivity contribution >= 4 is 50.7 Å². The topological polar surface area (TPSA) is 86.8 Å². The minimum Gasteiger partial charge on any atom is -0.354 e. The van der Waals surface area contributed by atoms with Crippen LogP contribution in [0.4, 0.5) is 5.69 Å². The van der Waals surface area contributed by atoms with E-state index in [9.17, 15) is 18.0 Å². The SMILES string of the molecule is CCCCNC(=O)[C@H](CC)N(Cc1ccc(Cl)cc1)C(=O)CN(c1ccccc1Cl)S(=O)(=O)c1ccccc1. The zero-order valence-electron chi connectivity index (χ0n) is 22.0. The maximum Gasteiger partial charge on any atom is 0.264 e. The number of carbonyl (C=O) groups is 2. The fourth-order valence-electron chi connectivity index (χ4n) is 4.10. The van der Waals surface area contributed by atoms with Crippen molar-refractivity contribution in [3.63, 3.8) is 0 Å². The second-order valence-corrected chi connectivity index (χ2v) is 11.7. The van der Waals surface area contributed by atoms with Crippen molar-refractivity contribution < 1.29 is 18.0 Å². The van der Waals surface area contributed by atoms with Gasteiger partial charge < -0.3 is 10.2 Å². The van der Waals surface area contributed by atoms with Crippen LogP contribution < -0.4 is 9.62 Å². The normalized spacial score (nSPS) is 12.0. The average Bonchev–Trinajstić information content (AvgIpc) is 2.93. The first-order chi connectivity index (χ1) is 18.7. The quantitative estimate of drug-likeness (QED) is 0.251. The van der Waals surface area contributed by atoms with Gasteiger partial charge in [-0.3, -0.25) is 13.9 Å². The van der Waals surface area contributed by atoms with Gasteiger partial charge in [0.1, 0.15) is 12.6 Å². The molecule has 0 saturated heterocycles. The molecule has 0 aliphatic heterocycles. The largest absolute Gasteiger partial charge is 0.354 e. The zero-order chi connectivity index (χ0) is 28.4. The number of amides is 2. The molecular weight excluding hydrogens is 557 g/mol. The van der Waals surface area contributed by atoms with Crippen molar-refractivity contribution in [3.05, 3.63) is 94.5 Å². The molecule has 39 heavy (non-hydrogen) atoms. The van der Waals surface area contributed by atoms with Gasteiger partial charge in [0.25, 0.3) is 10.0 Å². The molecule has 0 heterocycles. The molecule has 0 aliphatic carbocycles. The molecule has 0 aliphatic rings. The van der Waals surface area contributed by atoms with E-state index < -0.39 is 28.5 Å². The number of sulfonamides is 1. The van der Waals surface area contributed by atoms with Crippen LogP contribution in [0.2, 0.25) is 10.0 Å². The highest BCUT2D eigenvalue weighted by molar-refractivity contribution is 7.92. The van der Waals surface area contributed by atoms with Gasteiger partial charge in [0.2, 0.25) is 11.8 Å². The van der Waals surface area contributed by atoms with Crippen LogP contribution in [0.15, 0.2) is 83.8 Å². The summed E-state index contributed by atoms with van der Waals surface area (Å²) >= 11 is 12.5. The third kappa shape index (κ3) is 7.97. The summed E-state index contributed by atoms with van der Waals surface area (Å²) in [5.41, 5.74) is 0.922. The Morgan fingerprint density at radius 3 is 2.15 bits per heavy atom. The molecule has 1 atom stereocenters. The lowest BCUT2D eigenvalue weighted by molar-refractivity contribution is -0.140. The molecule has 2 amide bonds. The van der Waals surface area contributed by atoms with E-state index in [4.69, 9.17) is 23.2 Å². The Bertz CT molecular complexity index is 1350. The van der Waals surface area contributed by atoms with Crippen LogP contribution in [0.5, 0.6) is 0 Å². The van der Waals surface area contributed by atoms with Crippen LogP contribution in [0, 0.1) is 0 Å². The Balaban J connectivity index is 2.03. The molecule has 0 fully saturated rings. The fraction of sp³-hybridized carbons (Fsp3) is 0.310. The summed E-state index contributed by atoms with van der Waals surface area (Å²) in [6.07, 6.45) is 2.06. The number of carbonyl (C=O) groups excluding carboxylic acids is 2. The fourth-order valence-corrected chi connectivity index (χ4v) is 5.97. The first-order valence-corrected chi connectivity index (χ1v) is 15.0. The van der Waals surface area contributed by atoms with Crippen LogP contribution in [0.25, 0.3) is 0 Å². The van der Waals surface area contributed by atoms with Gasteiger partial charge in [0.05, 0.1) is 15.6 Å². The number of rotatable bonds is 13. The van der Waals surface area contributed by atoms with Gasteiger partial charge in [0.15, 0.2) is 0 Å². The molecule has 208 valence electrons. The summed E-state index contributed by atoms with van der Waals surface area (Å²) < 4.78 is 28.6. The van der Waals surface area contributed by atoms with E-state index in [0.29, 0.717) is 18.0 Å². The number of hydrogen-bond acceptors (Lipinski definition) is 4. The number of benzene rings is 3. The van der Waals surface area contributed by atoms with Crippen LogP contribution in [0.1, 0.15) is 38.7 Å². The van der Waals surface area contributed by atoms with Gasteiger partial charge in [-0.25, -0.2) is 8.42 Å². The van der Waals surface area contributed by atoms with Crippen molar-refractivity contribution in [3.8, 4) is 0 Å². The lowest BCUT2D eigenvalue weighted by Gasteiger charge is -2.33. The maximum atomic E-state index is 14.0. The molecule has 0 unspecified atom stereocenters. The first kappa shape index (κ1) is 30.5. The number of para-hydroxylation sites is 1. The van der Waals surface area contributed by atoms with Crippen LogP contribution in [-0.4, -0.2) is 44.3 Å². The lowest BCUT2D eigenvalue weighted by Crippen LogP contribution is -2.52. The monoisotopic (exact) mass is 589 g/mol. The van der Waals surface area contributed by atoms with Gasteiger partial charge in [-0.15, -0.1) is 0 Å². The number of hydrogen-bond donors (Lipinski definition) is 1. The summed E-state index contributed by atoms with van der Waals surface area (Å²) in [6, 6.07) is 20.5.